The molecule has 0 radical (unpaired) electrons. The van der Waals surface area contributed by atoms with Gasteiger partial charge in [-0.2, -0.15) is 5.10 Å². The van der Waals surface area contributed by atoms with Gasteiger partial charge in [-0.15, -0.1) is 11.3 Å². The molecule has 3 aromatic carbocycles. The molecule has 0 amide bonds. The van der Waals surface area contributed by atoms with Crippen LogP contribution in [0.3, 0.4) is 0 Å². The number of anilines is 1. The first-order chi connectivity index (χ1) is 14.3. The molecule has 0 saturated carbocycles. The number of thiazole rings is 1. The molecule has 144 valence electrons. The van der Waals surface area contributed by atoms with E-state index in [1.807, 2.05) is 84.2 Å². The average molecular weight is 464 g/mol. The van der Waals surface area contributed by atoms with E-state index >= 15 is 0 Å². The van der Waals surface area contributed by atoms with Crippen molar-refractivity contribution in [1.29, 1.82) is 0 Å². The molecular formula is C23H18BrN3OS. The monoisotopic (exact) mass is 463 g/mol. The highest BCUT2D eigenvalue weighted by molar-refractivity contribution is 9.10. The maximum absolute atomic E-state index is 5.88. The van der Waals surface area contributed by atoms with Gasteiger partial charge in [0.15, 0.2) is 0 Å². The quantitative estimate of drug-likeness (QED) is 0.248. The molecule has 0 fully saturated rings. The second-order valence-electron chi connectivity index (χ2n) is 6.26. The molecule has 0 aliphatic carbocycles. The van der Waals surface area contributed by atoms with Gasteiger partial charge >= 0.3 is 0 Å². The lowest BCUT2D eigenvalue weighted by molar-refractivity contribution is 0.306. The molecule has 1 N–H and O–H groups in total. The molecule has 4 aromatic rings. The summed E-state index contributed by atoms with van der Waals surface area (Å²) in [6, 6.07) is 26.0. The summed E-state index contributed by atoms with van der Waals surface area (Å²) in [6.45, 7) is 0.521. The van der Waals surface area contributed by atoms with Crippen molar-refractivity contribution in [2.45, 2.75) is 6.61 Å². The van der Waals surface area contributed by atoms with E-state index in [0.29, 0.717) is 6.61 Å². The number of nitrogens with one attached hydrogen (secondary N) is 1. The zero-order valence-electron chi connectivity index (χ0n) is 15.5. The van der Waals surface area contributed by atoms with Crippen LogP contribution in [0.15, 0.2) is 93.8 Å². The molecule has 0 aliphatic rings. The smallest absolute Gasteiger partial charge is 0.203 e. The van der Waals surface area contributed by atoms with Crippen molar-refractivity contribution < 1.29 is 4.74 Å². The Bertz CT molecular complexity index is 1090. The van der Waals surface area contributed by atoms with Gasteiger partial charge in [-0.25, -0.2) is 4.98 Å². The van der Waals surface area contributed by atoms with Crippen molar-refractivity contribution in [1.82, 2.24) is 4.98 Å². The summed E-state index contributed by atoms with van der Waals surface area (Å²) in [5.74, 6) is 0.803. The maximum Gasteiger partial charge on any atom is 0.203 e. The Morgan fingerprint density at radius 2 is 1.83 bits per heavy atom. The number of aromatic nitrogens is 1. The number of hydrogen-bond acceptors (Lipinski definition) is 5. The number of hydrazone groups is 1. The molecule has 0 atom stereocenters. The fourth-order valence-corrected chi connectivity index (χ4v) is 3.59. The Balaban J connectivity index is 1.35. The zero-order chi connectivity index (χ0) is 19.9. The van der Waals surface area contributed by atoms with Crippen LogP contribution in [0.4, 0.5) is 5.13 Å². The number of hydrogen-bond donors (Lipinski definition) is 1. The predicted octanol–water partition coefficient (Wildman–Crippen LogP) is 6.60. The van der Waals surface area contributed by atoms with Gasteiger partial charge in [0.2, 0.25) is 5.13 Å². The minimum atomic E-state index is 0.521. The molecule has 0 spiro atoms. The van der Waals surface area contributed by atoms with Crippen LogP contribution in [0.2, 0.25) is 0 Å². The molecule has 4 rings (SSSR count). The van der Waals surface area contributed by atoms with Gasteiger partial charge in [0.25, 0.3) is 0 Å². The van der Waals surface area contributed by atoms with Crippen LogP contribution < -0.4 is 10.2 Å². The standard InChI is InChI=1S/C23H18BrN3OS/c24-20-11-9-17(10-12-20)15-28-21-8-4-5-18(13-21)14-25-27-23-26-22(16-29-23)19-6-2-1-3-7-19/h1-14,16H,15H2,(H,26,27). The third kappa shape index (κ3) is 5.53. The van der Waals surface area contributed by atoms with E-state index < -0.39 is 0 Å². The molecule has 1 heterocycles. The molecule has 0 unspecified atom stereocenters. The largest absolute Gasteiger partial charge is 0.489 e. The first-order valence-electron chi connectivity index (χ1n) is 9.03. The van der Waals surface area contributed by atoms with Crippen LogP contribution in [0.25, 0.3) is 11.3 Å². The highest BCUT2D eigenvalue weighted by Gasteiger charge is 2.03. The third-order valence-electron chi connectivity index (χ3n) is 4.12. The Morgan fingerprint density at radius 1 is 1.00 bits per heavy atom. The van der Waals surface area contributed by atoms with E-state index in [1.165, 1.54) is 11.3 Å². The van der Waals surface area contributed by atoms with Gasteiger partial charge in [0.1, 0.15) is 12.4 Å². The maximum atomic E-state index is 5.88. The first-order valence-corrected chi connectivity index (χ1v) is 10.7. The van der Waals surface area contributed by atoms with Gasteiger partial charge in [0.05, 0.1) is 11.9 Å². The number of ether oxygens (including phenoxy) is 1. The van der Waals surface area contributed by atoms with E-state index in [2.05, 4.69) is 31.4 Å². The summed E-state index contributed by atoms with van der Waals surface area (Å²) in [7, 11) is 0. The van der Waals surface area contributed by atoms with Crippen molar-refractivity contribution in [3.63, 3.8) is 0 Å². The number of halogens is 1. The molecular weight excluding hydrogens is 446 g/mol. The topological polar surface area (TPSA) is 46.5 Å². The summed E-state index contributed by atoms with van der Waals surface area (Å²) >= 11 is 4.97. The van der Waals surface area contributed by atoms with Crippen molar-refractivity contribution in [3.05, 3.63) is 99.8 Å². The lowest BCUT2D eigenvalue weighted by Gasteiger charge is -2.07. The highest BCUT2D eigenvalue weighted by Crippen LogP contribution is 2.24. The Hall–Kier alpha value is -2.96. The van der Waals surface area contributed by atoms with Crippen molar-refractivity contribution in [2.24, 2.45) is 5.10 Å². The SMILES string of the molecule is Brc1ccc(COc2cccc(C=NNc3nc(-c4ccccc4)cs3)c2)cc1. The van der Waals surface area contributed by atoms with Gasteiger partial charge in [-0.3, -0.25) is 5.43 Å². The van der Waals surface area contributed by atoms with Crippen LogP contribution in [0, 0.1) is 0 Å². The van der Waals surface area contributed by atoms with E-state index in [1.54, 1.807) is 6.21 Å². The normalized spacial score (nSPS) is 10.9. The lowest BCUT2D eigenvalue weighted by Crippen LogP contribution is -1.96. The van der Waals surface area contributed by atoms with E-state index in [9.17, 15) is 0 Å². The second kappa shape index (κ2) is 9.49. The zero-order valence-corrected chi connectivity index (χ0v) is 17.9. The van der Waals surface area contributed by atoms with Gasteiger partial charge < -0.3 is 4.74 Å². The molecule has 1 aromatic heterocycles. The van der Waals surface area contributed by atoms with Gasteiger partial charge in [-0.05, 0) is 35.4 Å². The Morgan fingerprint density at radius 3 is 2.66 bits per heavy atom. The molecule has 0 aliphatic heterocycles. The summed E-state index contributed by atoms with van der Waals surface area (Å²) < 4.78 is 6.94. The van der Waals surface area contributed by atoms with Crippen molar-refractivity contribution >= 4 is 38.6 Å². The molecule has 4 nitrogen and oxygen atoms in total. The number of rotatable bonds is 7. The highest BCUT2D eigenvalue weighted by atomic mass is 79.9. The third-order valence-corrected chi connectivity index (χ3v) is 5.40. The Labute approximate surface area is 182 Å². The average Bonchev–Trinajstić information content (AvgIpc) is 3.23. The Kier molecular flexibility index (Phi) is 6.34. The fraction of sp³-hybridized carbons (Fsp3) is 0.0435. The summed E-state index contributed by atoms with van der Waals surface area (Å²) in [6.07, 6.45) is 1.76. The second-order valence-corrected chi connectivity index (χ2v) is 8.04. The van der Waals surface area contributed by atoms with E-state index in [0.717, 1.165) is 37.7 Å². The van der Waals surface area contributed by atoms with Gasteiger partial charge in [-0.1, -0.05) is 70.5 Å². The van der Waals surface area contributed by atoms with E-state index in [4.69, 9.17) is 4.74 Å². The minimum Gasteiger partial charge on any atom is -0.489 e. The molecule has 0 saturated heterocycles. The predicted molar refractivity (Wildman–Crippen MR) is 124 cm³/mol. The number of nitrogens with zero attached hydrogens (tertiary/aromatic N) is 2. The summed E-state index contributed by atoms with van der Waals surface area (Å²) in [5, 5.41) is 7.07. The van der Waals surface area contributed by atoms with Crippen LogP contribution in [-0.2, 0) is 6.61 Å². The molecule has 6 heteroatoms. The first kappa shape index (κ1) is 19.4. The van der Waals surface area contributed by atoms with Crippen LogP contribution >= 0.6 is 27.3 Å². The molecule has 0 bridgehead atoms. The van der Waals surface area contributed by atoms with Gasteiger partial charge in [0, 0.05) is 15.4 Å². The summed E-state index contributed by atoms with van der Waals surface area (Å²) in [5.41, 5.74) is 7.10. The van der Waals surface area contributed by atoms with Crippen LogP contribution in [0.5, 0.6) is 5.75 Å². The van der Waals surface area contributed by atoms with Crippen LogP contribution in [-0.4, -0.2) is 11.2 Å². The lowest BCUT2D eigenvalue weighted by atomic mass is 10.2. The van der Waals surface area contributed by atoms with E-state index in [-0.39, 0.29) is 0 Å². The summed E-state index contributed by atoms with van der Waals surface area (Å²) in [4.78, 5) is 4.56. The van der Waals surface area contributed by atoms with Crippen LogP contribution in [0.1, 0.15) is 11.1 Å². The van der Waals surface area contributed by atoms with Crippen molar-refractivity contribution in [3.8, 4) is 17.0 Å². The fourth-order valence-electron chi connectivity index (χ4n) is 2.66. The van der Waals surface area contributed by atoms with Crippen molar-refractivity contribution in [2.75, 3.05) is 5.43 Å². The number of benzene rings is 3. The molecule has 29 heavy (non-hydrogen) atoms. The minimum absolute atomic E-state index is 0.521.